The van der Waals surface area contributed by atoms with Gasteiger partial charge in [-0.2, -0.15) is 0 Å². The van der Waals surface area contributed by atoms with Crippen molar-refractivity contribution in [3.05, 3.63) is 0 Å². The number of Topliss-reactive ketones (excluding diaryl/α,β-unsaturated/α-hetero) is 3. The van der Waals surface area contributed by atoms with Crippen LogP contribution in [0.15, 0.2) is 0 Å². The molecule has 24 nitrogen and oxygen atoms in total. The molecule has 3 aliphatic rings. The average molecular weight is 962 g/mol. The molecule has 3 saturated heterocycles. The van der Waals surface area contributed by atoms with Crippen molar-refractivity contribution >= 4 is 84.3 Å². The predicted octanol–water partition coefficient (Wildman–Crippen LogP) is 1.90. The van der Waals surface area contributed by atoms with Crippen LogP contribution in [0, 0.1) is 0 Å². The van der Waals surface area contributed by atoms with Crippen LogP contribution in [0.4, 0.5) is 0 Å². The Bertz CT molecular complexity index is 1530. The maximum atomic E-state index is 11.5. The van der Waals surface area contributed by atoms with Crippen molar-refractivity contribution in [3.63, 3.8) is 0 Å². The molecule has 3 aliphatic heterocycles. The quantitative estimate of drug-likeness (QED) is 0.135. The summed E-state index contributed by atoms with van der Waals surface area (Å²) in [5.74, 6) is -5.62. The molecule has 0 aromatic carbocycles. The van der Waals surface area contributed by atoms with E-state index in [0.717, 1.165) is 0 Å². The van der Waals surface area contributed by atoms with Crippen molar-refractivity contribution in [2.45, 2.75) is 163 Å². The molecule has 3 rings (SSSR count). The number of ether oxygens (including phenoxy) is 3. The monoisotopic (exact) mass is 961 g/mol. The first-order valence-electron chi connectivity index (χ1n) is 21.3. The van der Waals surface area contributed by atoms with E-state index in [2.05, 4.69) is 14.5 Å². The molecule has 0 aromatic rings. The number of rotatable bonds is 24. The number of hydrogen-bond acceptors (Lipinski definition) is 21. The Morgan fingerprint density at radius 3 is 0.940 bits per heavy atom. The number of aliphatic hydroxyl groups is 1. The Balaban J connectivity index is -0.000000847. The zero-order valence-electron chi connectivity index (χ0n) is 39.5. The lowest BCUT2D eigenvalue weighted by Crippen LogP contribution is -2.32. The fourth-order valence-electron chi connectivity index (χ4n) is 4.71. The van der Waals surface area contributed by atoms with Crippen molar-refractivity contribution in [2.24, 2.45) is 0 Å². The summed E-state index contributed by atoms with van der Waals surface area (Å²) >= 11 is 0. The van der Waals surface area contributed by atoms with Gasteiger partial charge < -0.3 is 48.2 Å². The summed E-state index contributed by atoms with van der Waals surface area (Å²) in [5.41, 5.74) is 0. The minimum absolute atomic E-state index is 0.00364. The molecular formula is C43H67N3O21. The van der Waals surface area contributed by atoms with Crippen molar-refractivity contribution in [1.29, 1.82) is 0 Å². The van der Waals surface area contributed by atoms with E-state index in [4.69, 9.17) is 28.9 Å². The van der Waals surface area contributed by atoms with Gasteiger partial charge in [0, 0.05) is 77.0 Å². The molecule has 0 aliphatic carbocycles. The lowest BCUT2D eigenvalue weighted by molar-refractivity contribution is -0.199. The normalized spacial score (nSPS) is 13.9. The van der Waals surface area contributed by atoms with E-state index in [0.29, 0.717) is 47.5 Å². The van der Waals surface area contributed by atoms with Gasteiger partial charge in [-0.1, -0.05) is 0 Å². The molecule has 24 heteroatoms. The number of aliphatic hydroxyl groups excluding tert-OH is 1. The van der Waals surface area contributed by atoms with Crippen LogP contribution in [0.2, 0.25) is 0 Å². The Hall–Kier alpha value is -5.98. The van der Waals surface area contributed by atoms with E-state index in [9.17, 15) is 57.5 Å². The number of carbonyl (C=O) groups excluding carboxylic acids is 14. The highest BCUT2D eigenvalue weighted by Gasteiger charge is 2.35. The van der Waals surface area contributed by atoms with E-state index >= 15 is 0 Å². The smallest absolute Gasteiger partial charge is 0.333 e. The van der Waals surface area contributed by atoms with Gasteiger partial charge in [-0.05, 0) is 67.7 Å². The Morgan fingerprint density at radius 2 is 0.716 bits per heavy atom. The molecule has 0 atom stereocenters. The molecule has 0 unspecified atom stereocenters. The SMILES string of the molecule is C=O.C=O.CC(=O)CCCC(=O)COC(C)C.CC(C)OCC(=O)CCCC(=O)ON1C(=O)CCC1=O.CC(C)OCCO.O=C(CCCC(=O)ON1C(=O)CCC1=O)ON1C(=O)CCC1=O. The second-order valence-corrected chi connectivity index (χ2v) is 14.8. The van der Waals surface area contributed by atoms with Gasteiger partial charge in [-0.3, -0.25) is 38.4 Å². The third-order valence-electron chi connectivity index (χ3n) is 7.88. The molecule has 380 valence electrons. The summed E-state index contributed by atoms with van der Waals surface area (Å²) in [5, 5.41) is 9.53. The number of nitrogens with zero attached hydrogens (tertiary/aromatic N) is 3. The Morgan fingerprint density at radius 1 is 0.463 bits per heavy atom. The number of hydrogen-bond donors (Lipinski definition) is 1. The molecule has 3 heterocycles. The minimum atomic E-state index is -0.838. The Labute approximate surface area is 389 Å². The summed E-state index contributed by atoms with van der Waals surface area (Å²) in [6.07, 6.45) is 2.07. The maximum Gasteiger partial charge on any atom is 0.333 e. The van der Waals surface area contributed by atoms with Gasteiger partial charge in [-0.25, -0.2) is 14.4 Å². The summed E-state index contributed by atoms with van der Waals surface area (Å²) < 4.78 is 15.2. The van der Waals surface area contributed by atoms with Gasteiger partial charge >= 0.3 is 17.9 Å². The van der Waals surface area contributed by atoms with E-state index in [1.807, 2.05) is 55.1 Å². The van der Waals surface area contributed by atoms with Gasteiger partial charge in [0.05, 0.1) is 31.5 Å². The van der Waals surface area contributed by atoms with Crippen LogP contribution in [-0.2, 0) is 95.8 Å². The van der Waals surface area contributed by atoms with Gasteiger partial charge in [0.15, 0.2) is 11.6 Å². The number of ketones is 3. The summed E-state index contributed by atoms with van der Waals surface area (Å²) in [6.45, 7) is 17.6. The highest BCUT2D eigenvalue weighted by atomic mass is 16.7. The zero-order valence-corrected chi connectivity index (χ0v) is 39.5. The molecule has 3 fully saturated rings. The number of hydroxylamine groups is 6. The van der Waals surface area contributed by atoms with Crippen LogP contribution in [-0.4, -0.2) is 149 Å². The molecule has 6 amide bonds. The van der Waals surface area contributed by atoms with Crippen molar-refractivity contribution < 1.29 is 101 Å². The molecule has 0 saturated carbocycles. The first kappa shape index (κ1) is 65.3. The highest BCUT2D eigenvalue weighted by Crippen LogP contribution is 2.16. The summed E-state index contributed by atoms with van der Waals surface area (Å²) in [7, 11) is 0. The van der Waals surface area contributed by atoms with E-state index in [-0.39, 0.29) is 126 Å². The third kappa shape index (κ3) is 34.1. The lowest BCUT2D eigenvalue weighted by Gasteiger charge is -2.13. The van der Waals surface area contributed by atoms with Crippen LogP contribution in [0.25, 0.3) is 0 Å². The summed E-state index contributed by atoms with van der Waals surface area (Å²) in [6, 6.07) is 0. The molecule has 0 aromatic heterocycles. The van der Waals surface area contributed by atoms with Gasteiger partial charge in [0.1, 0.15) is 32.6 Å². The van der Waals surface area contributed by atoms with Crippen molar-refractivity contribution in [1.82, 2.24) is 15.2 Å². The fourth-order valence-corrected chi connectivity index (χ4v) is 4.71. The van der Waals surface area contributed by atoms with Crippen molar-refractivity contribution in [2.75, 3.05) is 26.4 Å². The molecular weight excluding hydrogens is 894 g/mol. The molecule has 0 spiro atoms. The molecule has 0 bridgehead atoms. The van der Waals surface area contributed by atoms with E-state index < -0.39 is 53.4 Å². The lowest BCUT2D eigenvalue weighted by atomic mass is 10.1. The van der Waals surface area contributed by atoms with Crippen molar-refractivity contribution in [3.8, 4) is 0 Å². The average Bonchev–Trinajstić information content (AvgIpc) is 3.89. The van der Waals surface area contributed by atoms with Gasteiger partial charge in [0.25, 0.3) is 35.4 Å². The molecule has 1 N–H and O–H groups in total. The number of amides is 6. The molecule has 67 heavy (non-hydrogen) atoms. The molecule has 0 radical (unpaired) electrons. The predicted molar refractivity (Wildman–Crippen MR) is 228 cm³/mol. The maximum absolute atomic E-state index is 11.5. The number of imide groups is 3. The highest BCUT2D eigenvalue weighted by molar-refractivity contribution is 6.03. The van der Waals surface area contributed by atoms with Crippen LogP contribution < -0.4 is 0 Å². The van der Waals surface area contributed by atoms with E-state index in [1.54, 1.807) is 0 Å². The first-order chi connectivity index (χ1) is 31.6. The summed E-state index contributed by atoms with van der Waals surface area (Å²) in [4.78, 5) is 165. The third-order valence-corrected chi connectivity index (χ3v) is 7.88. The number of carbonyl (C=O) groups is 14. The largest absolute Gasteiger partial charge is 0.394 e. The van der Waals surface area contributed by atoms with Gasteiger partial charge in [-0.15, -0.1) is 15.2 Å². The topological polar surface area (TPSA) is 324 Å². The second kappa shape index (κ2) is 39.2. The fraction of sp³-hybridized carbons (Fsp3) is 0.674. The Kier molecular flexibility index (Phi) is 38.2. The van der Waals surface area contributed by atoms with Crippen LogP contribution in [0.5, 0.6) is 0 Å². The van der Waals surface area contributed by atoms with E-state index in [1.165, 1.54) is 6.92 Å². The van der Waals surface area contributed by atoms with Crippen LogP contribution in [0.1, 0.15) is 145 Å². The first-order valence-corrected chi connectivity index (χ1v) is 21.3. The van der Waals surface area contributed by atoms with Crippen LogP contribution in [0.3, 0.4) is 0 Å². The van der Waals surface area contributed by atoms with Crippen LogP contribution >= 0.6 is 0 Å². The van der Waals surface area contributed by atoms with Gasteiger partial charge in [0.2, 0.25) is 0 Å². The second-order valence-electron chi connectivity index (χ2n) is 14.8. The zero-order chi connectivity index (χ0) is 52.1. The standard InChI is InChI=1S/C13H14N2O8.C13H19NO6.C10H18O3.C5H12O2.2CH2O/c16-8-4-5-9(17)14(8)22-12(20)2-1-3-13(21)23-15-10(18)6-7-11(15)19;1-9(2)19-8-10(15)4-3-5-13(18)20-14-11(16)6-7-12(14)17;1-8(2)13-7-10(12)6-4-5-9(3)11;1-5(2)7-4-3-6;2*1-2/h1-7H2;9H,3-8H2,1-2H3;8H,4-7H2,1-3H3;5-6H,3-4H2,1-2H3;2*1H2. The minimum Gasteiger partial charge on any atom is -0.394 e.